The first-order valence-electron chi connectivity index (χ1n) is 5.28. The van der Waals surface area contributed by atoms with Crippen molar-refractivity contribution in [3.63, 3.8) is 0 Å². The molecule has 0 saturated heterocycles. The maximum Gasteiger partial charge on any atom is 0.0642 e. The molecule has 0 unspecified atom stereocenters. The van der Waals surface area contributed by atoms with E-state index in [4.69, 9.17) is 17.3 Å². The molecule has 2 N–H and O–H groups in total. The molecule has 0 aromatic heterocycles. The molecule has 0 atom stereocenters. The molecule has 15 heavy (non-hydrogen) atoms. The highest BCUT2D eigenvalue weighted by Crippen LogP contribution is 2.30. The van der Waals surface area contributed by atoms with E-state index in [0.717, 1.165) is 17.1 Å². The zero-order valence-electron chi connectivity index (χ0n) is 9.63. The molecule has 2 nitrogen and oxygen atoms in total. The molecule has 1 aromatic rings. The van der Waals surface area contributed by atoms with E-state index in [9.17, 15) is 0 Å². The highest BCUT2D eigenvalue weighted by atomic mass is 35.5. The third-order valence-corrected chi connectivity index (χ3v) is 2.92. The van der Waals surface area contributed by atoms with Crippen LogP contribution in [0.15, 0.2) is 18.2 Å². The Hall–Kier alpha value is -0.730. The van der Waals surface area contributed by atoms with Crippen LogP contribution in [0.1, 0.15) is 19.4 Å². The van der Waals surface area contributed by atoms with Crippen LogP contribution in [-0.2, 0) is 6.42 Å². The van der Waals surface area contributed by atoms with Gasteiger partial charge in [-0.2, -0.15) is 0 Å². The van der Waals surface area contributed by atoms with Gasteiger partial charge in [-0.1, -0.05) is 23.7 Å². The van der Waals surface area contributed by atoms with E-state index in [-0.39, 0.29) is 0 Å². The molecule has 0 heterocycles. The monoisotopic (exact) mass is 226 g/mol. The van der Waals surface area contributed by atoms with Gasteiger partial charge >= 0.3 is 0 Å². The van der Waals surface area contributed by atoms with Gasteiger partial charge in [-0.15, -0.1) is 0 Å². The Morgan fingerprint density at radius 1 is 1.40 bits per heavy atom. The minimum Gasteiger partial charge on any atom is -0.371 e. The van der Waals surface area contributed by atoms with Gasteiger partial charge in [-0.05, 0) is 38.4 Å². The fraction of sp³-hybridized carbons (Fsp3) is 0.500. The highest BCUT2D eigenvalue weighted by Gasteiger charge is 2.13. The van der Waals surface area contributed by atoms with E-state index >= 15 is 0 Å². The molecule has 0 saturated carbocycles. The summed E-state index contributed by atoms with van der Waals surface area (Å²) in [5, 5.41) is 0.803. The van der Waals surface area contributed by atoms with Gasteiger partial charge in [0.05, 0.1) is 10.7 Å². The van der Waals surface area contributed by atoms with Crippen LogP contribution in [0.3, 0.4) is 0 Å². The molecule has 0 aliphatic rings. The Morgan fingerprint density at radius 2 is 2.07 bits per heavy atom. The summed E-state index contributed by atoms with van der Waals surface area (Å²) in [7, 11) is 2.06. The van der Waals surface area contributed by atoms with Crippen molar-refractivity contribution in [3.8, 4) is 0 Å². The van der Waals surface area contributed by atoms with Crippen LogP contribution in [0.2, 0.25) is 5.02 Å². The van der Waals surface area contributed by atoms with Gasteiger partial charge in [-0.25, -0.2) is 0 Å². The molecule has 3 heteroatoms. The highest BCUT2D eigenvalue weighted by molar-refractivity contribution is 6.33. The van der Waals surface area contributed by atoms with Crippen molar-refractivity contribution in [1.29, 1.82) is 0 Å². The lowest BCUT2D eigenvalue weighted by Crippen LogP contribution is -2.27. The summed E-state index contributed by atoms with van der Waals surface area (Å²) in [6, 6.07) is 6.43. The molecular formula is C12H19ClN2. The maximum atomic E-state index is 6.22. The zero-order valence-corrected chi connectivity index (χ0v) is 10.4. The van der Waals surface area contributed by atoms with E-state index < -0.39 is 0 Å². The lowest BCUT2D eigenvalue weighted by molar-refractivity contribution is 0.748. The summed E-state index contributed by atoms with van der Waals surface area (Å²) in [6.07, 6.45) is 0.868. The first kappa shape index (κ1) is 12.3. The first-order valence-corrected chi connectivity index (χ1v) is 5.66. The minimum absolute atomic E-state index is 0.432. The lowest BCUT2D eigenvalue weighted by atomic mass is 10.1. The van der Waals surface area contributed by atoms with Crippen LogP contribution in [0.4, 0.5) is 5.69 Å². The number of para-hydroxylation sites is 1. The van der Waals surface area contributed by atoms with Crippen molar-refractivity contribution in [2.45, 2.75) is 26.3 Å². The van der Waals surface area contributed by atoms with Gasteiger partial charge in [0, 0.05) is 13.1 Å². The Morgan fingerprint density at radius 3 is 2.60 bits per heavy atom. The third kappa shape index (κ3) is 2.86. The van der Waals surface area contributed by atoms with Gasteiger partial charge in [0.25, 0.3) is 0 Å². The van der Waals surface area contributed by atoms with Gasteiger partial charge in [0.1, 0.15) is 0 Å². The predicted molar refractivity (Wildman–Crippen MR) is 67.7 cm³/mol. The van der Waals surface area contributed by atoms with Gasteiger partial charge in [0.15, 0.2) is 0 Å². The maximum absolute atomic E-state index is 6.22. The SMILES string of the molecule is CC(C)N(C)c1c(Cl)cccc1CCN. The second kappa shape index (κ2) is 5.38. The van der Waals surface area contributed by atoms with E-state index in [1.807, 2.05) is 12.1 Å². The molecule has 1 rings (SSSR count). The summed E-state index contributed by atoms with van der Waals surface area (Å²) in [6.45, 7) is 4.95. The Balaban J connectivity index is 3.12. The topological polar surface area (TPSA) is 29.3 Å². The van der Waals surface area contributed by atoms with Crippen LogP contribution < -0.4 is 10.6 Å². The Bertz CT molecular complexity index is 323. The number of rotatable bonds is 4. The van der Waals surface area contributed by atoms with Crippen LogP contribution >= 0.6 is 11.6 Å². The van der Waals surface area contributed by atoms with E-state index in [2.05, 4.69) is 31.9 Å². The molecular weight excluding hydrogens is 208 g/mol. The minimum atomic E-state index is 0.432. The van der Waals surface area contributed by atoms with Crippen molar-refractivity contribution in [1.82, 2.24) is 0 Å². The zero-order chi connectivity index (χ0) is 11.4. The number of halogens is 1. The molecule has 0 aliphatic carbocycles. The number of anilines is 1. The normalized spacial score (nSPS) is 10.8. The smallest absolute Gasteiger partial charge is 0.0642 e. The summed E-state index contributed by atoms with van der Waals surface area (Å²) in [4.78, 5) is 2.19. The average molecular weight is 227 g/mol. The largest absolute Gasteiger partial charge is 0.371 e. The second-order valence-electron chi connectivity index (χ2n) is 3.99. The fourth-order valence-electron chi connectivity index (χ4n) is 1.57. The second-order valence-corrected chi connectivity index (χ2v) is 4.40. The molecule has 0 fully saturated rings. The number of nitrogens with two attached hydrogens (primary N) is 1. The van der Waals surface area contributed by atoms with E-state index in [0.29, 0.717) is 12.6 Å². The average Bonchev–Trinajstić information content (AvgIpc) is 2.17. The molecule has 1 aromatic carbocycles. The summed E-state index contributed by atoms with van der Waals surface area (Å²) >= 11 is 6.22. The fourth-order valence-corrected chi connectivity index (χ4v) is 1.90. The van der Waals surface area contributed by atoms with Crippen LogP contribution in [-0.4, -0.2) is 19.6 Å². The predicted octanol–water partition coefficient (Wildman–Crippen LogP) is 2.69. The summed E-state index contributed by atoms with van der Waals surface area (Å²) in [5.41, 5.74) is 7.93. The van der Waals surface area contributed by atoms with Crippen LogP contribution in [0.25, 0.3) is 0 Å². The van der Waals surface area contributed by atoms with Gasteiger partial charge in [0.2, 0.25) is 0 Å². The van der Waals surface area contributed by atoms with E-state index in [1.165, 1.54) is 5.56 Å². The Labute approximate surface area is 97.0 Å². The van der Waals surface area contributed by atoms with Crippen molar-refractivity contribution >= 4 is 17.3 Å². The standard InChI is InChI=1S/C12H19ClN2/c1-9(2)15(3)12-10(7-8-14)5-4-6-11(12)13/h4-6,9H,7-8,14H2,1-3H3. The lowest BCUT2D eigenvalue weighted by Gasteiger charge is -2.27. The van der Waals surface area contributed by atoms with Crippen molar-refractivity contribution in [2.24, 2.45) is 5.73 Å². The van der Waals surface area contributed by atoms with Crippen molar-refractivity contribution < 1.29 is 0 Å². The molecule has 0 spiro atoms. The molecule has 0 amide bonds. The third-order valence-electron chi connectivity index (χ3n) is 2.61. The number of nitrogens with zero attached hydrogens (tertiary/aromatic N) is 1. The number of benzene rings is 1. The first-order chi connectivity index (χ1) is 7.07. The van der Waals surface area contributed by atoms with Gasteiger partial charge < -0.3 is 10.6 Å². The molecule has 0 radical (unpaired) electrons. The molecule has 0 aliphatic heterocycles. The van der Waals surface area contributed by atoms with Crippen LogP contribution in [0, 0.1) is 0 Å². The Kier molecular flexibility index (Phi) is 4.43. The van der Waals surface area contributed by atoms with Gasteiger partial charge in [-0.3, -0.25) is 0 Å². The number of hydrogen-bond donors (Lipinski definition) is 1. The molecule has 0 bridgehead atoms. The molecule has 84 valence electrons. The van der Waals surface area contributed by atoms with E-state index in [1.54, 1.807) is 0 Å². The van der Waals surface area contributed by atoms with Crippen molar-refractivity contribution in [2.75, 3.05) is 18.5 Å². The quantitative estimate of drug-likeness (QED) is 0.856. The van der Waals surface area contributed by atoms with Crippen molar-refractivity contribution in [3.05, 3.63) is 28.8 Å². The summed E-state index contributed by atoms with van der Waals surface area (Å²) < 4.78 is 0. The van der Waals surface area contributed by atoms with Crippen LogP contribution in [0.5, 0.6) is 0 Å². The summed E-state index contributed by atoms with van der Waals surface area (Å²) in [5.74, 6) is 0. The number of hydrogen-bond acceptors (Lipinski definition) is 2.